The van der Waals surface area contributed by atoms with Gasteiger partial charge in [0.15, 0.2) is 0 Å². The van der Waals surface area contributed by atoms with Crippen LogP contribution < -0.4 is 0 Å². The Balaban J connectivity index is 5.06. The lowest BCUT2D eigenvalue weighted by atomic mass is 10.2. The van der Waals surface area contributed by atoms with Crippen LogP contribution in [-0.2, 0) is 13.6 Å². The van der Waals surface area contributed by atoms with Gasteiger partial charge in [0.1, 0.15) is 0 Å². The number of hydrogen-bond donors (Lipinski definition) is 0. The molecule has 0 aliphatic heterocycles. The van der Waals surface area contributed by atoms with E-state index in [-0.39, 0.29) is 0 Å². The Kier molecular flexibility index (Phi) is 8.76. The van der Waals surface area contributed by atoms with Crippen LogP contribution in [0, 0.1) is 0 Å². The molecule has 0 saturated heterocycles. The van der Waals surface area contributed by atoms with Gasteiger partial charge in [0, 0.05) is 0 Å². The highest BCUT2D eigenvalue weighted by Crippen LogP contribution is 2.40. The molecule has 0 unspecified atom stereocenters. The molecule has 0 heterocycles. The van der Waals surface area contributed by atoms with Gasteiger partial charge in [-0.2, -0.15) is 52.7 Å². The highest BCUT2D eigenvalue weighted by atomic mass is 31.1. The van der Waals surface area contributed by atoms with E-state index in [4.69, 9.17) is 0 Å². The molecule has 0 radical (unpaired) electrons. The maximum Gasteiger partial charge on any atom is 0.391 e. The molecule has 0 fully saturated rings. The highest BCUT2D eigenvalue weighted by Gasteiger charge is 2.43. The van der Waals surface area contributed by atoms with E-state index >= 15 is 0 Å². The fourth-order valence-electron chi connectivity index (χ4n) is 1.64. The van der Waals surface area contributed by atoms with Crippen LogP contribution in [0.1, 0.15) is 25.7 Å². The van der Waals surface area contributed by atoms with Gasteiger partial charge >= 0.3 is 33.0 Å². The van der Waals surface area contributed by atoms with E-state index in [2.05, 4.69) is 9.05 Å². The summed E-state index contributed by atoms with van der Waals surface area (Å²) < 4.78 is 165. The van der Waals surface area contributed by atoms with Gasteiger partial charge in [-0.25, -0.2) is 0 Å². The molecule has 0 aromatic rings. The molecule has 0 atom stereocenters. The van der Waals surface area contributed by atoms with Crippen LogP contribution in [0.4, 0.5) is 52.7 Å². The van der Waals surface area contributed by atoms with Crippen LogP contribution >= 0.6 is 8.25 Å². The zero-order valence-electron chi connectivity index (χ0n) is 12.2. The van der Waals surface area contributed by atoms with E-state index in [1.807, 2.05) is 0 Å². The van der Waals surface area contributed by atoms with E-state index in [9.17, 15) is 57.3 Å². The van der Waals surface area contributed by atoms with Crippen molar-refractivity contribution in [2.45, 2.75) is 62.6 Å². The Morgan fingerprint density at radius 2 is 0.731 bits per heavy atom. The second kappa shape index (κ2) is 9.00. The predicted molar refractivity (Wildman–Crippen MR) is 61.4 cm³/mol. The fourth-order valence-corrected chi connectivity index (χ4v) is 2.58. The molecular weight excluding hydrogens is 427 g/mol. The molecule has 26 heavy (non-hydrogen) atoms. The Labute approximate surface area is 138 Å². The second-order valence-corrected chi connectivity index (χ2v) is 5.98. The summed E-state index contributed by atoms with van der Waals surface area (Å²) in [5.74, 6) is 0. The number of hydrogen-bond acceptors (Lipinski definition) is 3. The first-order valence-corrected chi connectivity index (χ1v) is 7.62. The summed E-state index contributed by atoms with van der Waals surface area (Å²) in [6.07, 6.45) is -35.7. The lowest BCUT2D eigenvalue weighted by Gasteiger charge is -2.23. The fraction of sp³-hybridized carbons (Fsp3) is 1.00. The van der Waals surface area contributed by atoms with Gasteiger partial charge in [-0.05, 0) is 0 Å². The van der Waals surface area contributed by atoms with Crippen LogP contribution in [0.3, 0.4) is 0 Å². The Bertz CT molecular complexity index is 380. The summed E-state index contributed by atoms with van der Waals surface area (Å²) in [7, 11) is -4.52. The van der Waals surface area contributed by atoms with E-state index in [0.717, 1.165) is 0 Å². The molecule has 0 aliphatic rings. The summed E-state index contributed by atoms with van der Waals surface area (Å²) in [5.41, 5.74) is 0. The largest absolute Gasteiger partial charge is 0.391 e. The predicted octanol–water partition coefficient (Wildman–Crippen LogP) is 5.96. The molecule has 0 amide bonds. The van der Waals surface area contributed by atoms with Crippen molar-refractivity contribution in [1.29, 1.82) is 0 Å². The molecular formula is C10H11F12O3P. The summed E-state index contributed by atoms with van der Waals surface area (Å²) in [4.78, 5) is 0. The molecule has 0 rings (SSSR count). The minimum absolute atomic E-state index is 2.28. The second-order valence-electron chi connectivity index (χ2n) is 5.01. The van der Waals surface area contributed by atoms with Crippen LogP contribution in [-0.4, -0.2) is 36.9 Å². The van der Waals surface area contributed by atoms with Crippen molar-refractivity contribution in [2.75, 3.05) is 0 Å². The highest BCUT2D eigenvalue weighted by molar-refractivity contribution is 7.33. The van der Waals surface area contributed by atoms with Crippen molar-refractivity contribution in [1.82, 2.24) is 0 Å². The first-order chi connectivity index (χ1) is 11.3. The molecule has 0 saturated carbocycles. The smallest absolute Gasteiger partial charge is 0.307 e. The van der Waals surface area contributed by atoms with Crippen LogP contribution in [0.25, 0.3) is 0 Å². The standard InChI is InChI=1S/C10H11F12O3P/c11-7(12,13)1-5(2-8(14,15)16)24-26(23)25-6(3-9(17,18)19)4-10(20,21)22/h5-6,26H,1-4H2. The number of halogens is 12. The van der Waals surface area contributed by atoms with E-state index in [1.54, 1.807) is 0 Å². The monoisotopic (exact) mass is 438 g/mol. The van der Waals surface area contributed by atoms with Gasteiger partial charge in [0.05, 0.1) is 37.9 Å². The van der Waals surface area contributed by atoms with Gasteiger partial charge < -0.3 is 9.05 Å². The first kappa shape index (κ1) is 25.3. The lowest BCUT2D eigenvalue weighted by Crippen LogP contribution is -2.28. The Morgan fingerprint density at radius 1 is 0.538 bits per heavy atom. The first-order valence-electron chi connectivity index (χ1n) is 6.40. The lowest BCUT2D eigenvalue weighted by molar-refractivity contribution is -0.186. The maximum atomic E-state index is 12.2. The zero-order valence-corrected chi connectivity index (χ0v) is 13.2. The van der Waals surface area contributed by atoms with Gasteiger partial charge in [-0.15, -0.1) is 0 Å². The van der Waals surface area contributed by atoms with Crippen molar-refractivity contribution < 1.29 is 66.3 Å². The van der Waals surface area contributed by atoms with E-state index < -0.39 is 70.9 Å². The van der Waals surface area contributed by atoms with Crippen LogP contribution in [0.5, 0.6) is 0 Å². The normalized spacial score (nSPS) is 14.7. The van der Waals surface area contributed by atoms with Gasteiger partial charge in [-0.3, -0.25) is 4.57 Å². The molecule has 0 aromatic heterocycles. The molecule has 16 heteroatoms. The van der Waals surface area contributed by atoms with Crippen molar-refractivity contribution in [2.24, 2.45) is 0 Å². The average molecular weight is 438 g/mol. The van der Waals surface area contributed by atoms with Crippen molar-refractivity contribution in [3.63, 3.8) is 0 Å². The molecule has 0 spiro atoms. The molecule has 3 nitrogen and oxygen atoms in total. The Morgan fingerprint density at radius 3 is 0.885 bits per heavy atom. The molecule has 158 valence electrons. The average Bonchev–Trinajstić information content (AvgIpc) is 2.16. The van der Waals surface area contributed by atoms with Gasteiger partial charge in [-0.1, -0.05) is 0 Å². The Hall–Kier alpha value is -0.690. The third-order valence-corrected chi connectivity index (χ3v) is 3.41. The van der Waals surface area contributed by atoms with Gasteiger partial charge in [0.2, 0.25) is 0 Å². The molecule has 0 aliphatic carbocycles. The number of rotatable bonds is 8. The summed E-state index contributed by atoms with van der Waals surface area (Å²) >= 11 is 0. The van der Waals surface area contributed by atoms with E-state index in [1.165, 1.54) is 0 Å². The van der Waals surface area contributed by atoms with Crippen LogP contribution in [0.15, 0.2) is 0 Å². The minimum Gasteiger partial charge on any atom is -0.307 e. The minimum atomic E-state index is -5.23. The molecule has 0 aromatic carbocycles. The quantitative estimate of drug-likeness (QED) is 0.347. The third-order valence-electron chi connectivity index (χ3n) is 2.36. The van der Waals surface area contributed by atoms with Gasteiger partial charge in [0.25, 0.3) is 0 Å². The number of alkyl halides is 12. The topological polar surface area (TPSA) is 35.5 Å². The SMILES string of the molecule is O=[PH](OC(CC(F)(F)F)CC(F)(F)F)OC(CC(F)(F)F)CC(F)(F)F. The molecule has 0 N–H and O–H groups in total. The summed E-state index contributed by atoms with van der Waals surface area (Å²) in [6, 6.07) is 0. The summed E-state index contributed by atoms with van der Waals surface area (Å²) in [6.45, 7) is 0. The van der Waals surface area contributed by atoms with Crippen molar-refractivity contribution >= 4 is 8.25 Å². The van der Waals surface area contributed by atoms with E-state index in [0.29, 0.717) is 0 Å². The molecule has 0 bridgehead atoms. The summed E-state index contributed by atoms with van der Waals surface area (Å²) in [5, 5.41) is 0. The zero-order chi connectivity index (χ0) is 21.0. The van der Waals surface area contributed by atoms with Crippen molar-refractivity contribution in [3.8, 4) is 0 Å². The van der Waals surface area contributed by atoms with Crippen LogP contribution in [0.2, 0.25) is 0 Å². The van der Waals surface area contributed by atoms with Crippen molar-refractivity contribution in [3.05, 3.63) is 0 Å². The third kappa shape index (κ3) is 15.6. The maximum absolute atomic E-state index is 12.2.